The molecule has 1 unspecified atom stereocenters. The molecule has 0 bridgehead atoms. The van der Waals surface area contributed by atoms with E-state index in [1.54, 1.807) is 0 Å². The second kappa shape index (κ2) is 8.46. The number of hydrogen-bond donors (Lipinski definition) is 1. The van der Waals surface area contributed by atoms with Crippen LogP contribution in [0.4, 0.5) is 0 Å². The maximum Gasteiger partial charge on any atom is 0.191 e. The largest absolute Gasteiger partial charge is 0.489 e. The first-order valence-corrected chi connectivity index (χ1v) is 7.36. The Morgan fingerprint density at radius 2 is 2.19 bits per heavy atom. The predicted octanol–water partition coefficient (Wildman–Crippen LogP) is 3.18. The van der Waals surface area contributed by atoms with Crippen molar-refractivity contribution in [3.63, 3.8) is 0 Å². The van der Waals surface area contributed by atoms with E-state index in [2.05, 4.69) is 29.8 Å². The van der Waals surface area contributed by atoms with Crippen LogP contribution in [0.3, 0.4) is 0 Å². The number of ether oxygens (including phenoxy) is 1. The molecule has 0 spiro atoms. The lowest BCUT2D eigenvalue weighted by Gasteiger charge is -2.19. The fourth-order valence-electron chi connectivity index (χ4n) is 2.09. The lowest BCUT2D eigenvalue weighted by molar-refractivity contribution is 0.205. The van der Waals surface area contributed by atoms with Crippen molar-refractivity contribution in [2.75, 3.05) is 13.6 Å². The van der Waals surface area contributed by atoms with Crippen LogP contribution < -0.4 is 10.5 Å². The molecule has 2 rings (SSSR count). The van der Waals surface area contributed by atoms with Crippen LogP contribution in [-0.2, 0) is 0 Å². The van der Waals surface area contributed by atoms with Gasteiger partial charge in [0, 0.05) is 13.1 Å². The number of rotatable bonds is 6. The lowest BCUT2D eigenvalue weighted by atomic mass is 10.2. The van der Waals surface area contributed by atoms with E-state index < -0.39 is 0 Å². The van der Waals surface area contributed by atoms with Crippen LogP contribution in [0.5, 0.6) is 5.75 Å². The Kier molecular flexibility index (Phi) is 7.28. The van der Waals surface area contributed by atoms with Gasteiger partial charge in [-0.15, -0.1) is 24.0 Å². The van der Waals surface area contributed by atoms with Gasteiger partial charge in [-0.05, 0) is 43.9 Å². The smallest absolute Gasteiger partial charge is 0.191 e. The Bertz CT molecular complexity index is 474. The molecule has 0 saturated heterocycles. The zero-order chi connectivity index (χ0) is 14.5. The monoisotopic (exact) mass is 403 g/mol. The van der Waals surface area contributed by atoms with Crippen LogP contribution in [-0.4, -0.2) is 36.6 Å². The Hall–Kier alpha value is -0.980. The summed E-state index contributed by atoms with van der Waals surface area (Å²) in [6.45, 7) is 4.78. The first kappa shape index (κ1) is 18.1. The van der Waals surface area contributed by atoms with Crippen LogP contribution in [0.2, 0.25) is 0 Å². The molecule has 1 aromatic carbocycles. The highest BCUT2D eigenvalue weighted by Crippen LogP contribution is 2.24. The third-order valence-electron chi connectivity index (χ3n) is 3.66. The fraction of sp³-hybridized carbons (Fsp3) is 0.562. The normalized spacial score (nSPS) is 16.0. The van der Waals surface area contributed by atoms with Crippen LogP contribution in [0.1, 0.15) is 31.7 Å². The summed E-state index contributed by atoms with van der Waals surface area (Å²) in [7, 11) is 2.01. The van der Waals surface area contributed by atoms with Gasteiger partial charge in [0.1, 0.15) is 11.9 Å². The highest BCUT2D eigenvalue weighted by Gasteiger charge is 2.27. The summed E-state index contributed by atoms with van der Waals surface area (Å²) in [5.74, 6) is 1.53. The summed E-state index contributed by atoms with van der Waals surface area (Å²) < 4.78 is 5.97. The molecule has 4 nitrogen and oxygen atoms in total. The van der Waals surface area contributed by atoms with Gasteiger partial charge in [0.2, 0.25) is 0 Å². The summed E-state index contributed by atoms with van der Waals surface area (Å²) in [6, 6.07) is 8.70. The van der Waals surface area contributed by atoms with Crippen molar-refractivity contribution in [1.29, 1.82) is 0 Å². The van der Waals surface area contributed by atoms with Gasteiger partial charge < -0.3 is 15.4 Å². The van der Waals surface area contributed by atoms with Gasteiger partial charge in [-0.2, -0.15) is 0 Å². The molecule has 1 saturated carbocycles. The second-order valence-electron chi connectivity index (χ2n) is 5.51. The summed E-state index contributed by atoms with van der Waals surface area (Å²) in [5.41, 5.74) is 7.20. The number of hydrogen-bond acceptors (Lipinski definition) is 2. The molecule has 1 fully saturated rings. The molecule has 21 heavy (non-hydrogen) atoms. The Morgan fingerprint density at radius 1 is 1.48 bits per heavy atom. The van der Waals surface area contributed by atoms with E-state index in [0.717, 1.165) is 12.2 Å². The average molecular weight is 403 g/mol. The molecule has 1 aliphatic carbocycles. The fourth-order valence-corrected chi connectivity index (χ4v) is 2.09. The Labute approximate surface area is 144 Å². The van der Waals surface area contributed by atoms with E-state index in [-0.39, 0.29) is 30.1 Å². The number of halogens is 1. The van der Waals surface area contributed by atoms with Crippen molar-refractivity contribution in [2.24, 2.45) is 10.7 Å². The van der Waals surface area contributed by atoms with Crippen LogP contribution in [0, 0.1) is 6.92 Å². The number of aliphatic imine (C=N–C) groups is 1. The third-order valence-corrected chi connectivity index (χ3v) is 3.66. The van der Waals surface area contributed by atoms with E-state index in [1.807, 2.05) is 25.2 Å². The van der Waals surface area contributed by atoms with Gasteiger partial charge >= 0.3 is 0 Å². The molecule has 1 aliphatic rings. The molecule has 118 valence electrons. The molecular weight excluding hydrogens is 377 g/mol. The number of guanidine groups is 1. The van der Waals surface area contributed by atoms with Gasteiger partial charge in [0.15, 0.2) is 5.96 Å². The van der Waals surface area contributed by atoms with Crippen molar-refractivity contribution >= 4 is 29.9 Å². The number of aryl methyl sites for hydroxylation is 1. The minimum atomic E-state index is 0. The zero-order valence-corrected chi connectivity index (χ0v) is 15.4. The lowest BCUT2D eigenvalue weighted by Crippen LogP contribution is -2.36. The quantitative estimate of drug-likeness (QED) is 0.451. The summed E-state index contributed by atoms with van der Waals surface area (Å²) in [5, 5.41) is 0. The van der Waals surface area contributed by atoms with Crippen LogP contribution in [0.15, 0.2) is 29.3 Å². The summed E-state index contributed by atoms with van der Waals surface area (Å²) in [6.07, 6.45) is 3.44. The Balaban J connectivity index is 0.00000220. The molecule has 0 radical (unpaired) electrons. The van der Waals surface area contributed by atoms with E-state index in [9.17, 15) is 0 Å². The molecule has 0 aromatic heterocycles. The van der Waals surface area contributed by atoms with E-state index in [4.69, 9.17) is 10.5 Å². The van der Waals surface area contributed by atoms with Gasteiger partial charge in [-0.25, -0.2) is 4.99 Å². The van der Waals surface area contributed by atoms with Gasteiger partial charge in [-0.1, -0.05) is 19.1 Å². The average Bonchev–Trinajstić information content (AvgIpc) is 3.26. The zero-order valence-electron chi connectivity index (χ0n) is 13.1. The van der Waals surface area contributed by atoms with Gasteiger partial charge in [0.25, 0.3) is 0 Å². The summed E-state index contributed by atoms with van der Waals surface area (Å²) in [4.78, 5) is 6.54. The molecule has 1 atom stereocenters. The molecule has 5 heteroatoms. The third kappa shape index (κ3) is 5.73. The van der Waals surface area contributed by atoms with Gasteiger partial charge in [-0.3, -0.25) is 0 Å². The van der Waals surface area contributed by atoms with Crippen molar-refractivity contribution in [2.45, 2.75) is 45.3 Å². The van der Waals surface area contributed by atoms with Crippen molar-refractivity contribution in [3.8, 4) is 5.75 Å². The minimum Gasteiger partial charge on any atom is -0.489 e. The highest BCUT2D eigenvalue weighted by atomic mass is 127. The van der Waals surface area contributed by atoms with Gasteiger partial charge in [0.05, 0.1) is 6.54 Å². The van der Waals surface area contributed by atoms with Crippen LogP contribution >= 0.6 is 24.0 Å². The van der Waals surface area contributed by atoms with Crippen molar-refractivity contribution in [1.82, 2.24) is 4.90 Å². The molecule has 0 aliphatic heterocycles. The number of benzene rings is 1. The first-order valence-electron chi connectivity index (χ1n) is 7.36. The second-order valence-corrected chi connectivity index (χ2v) is 5.51. The molecular formula is C16H26IN3O. The van der Waals surface area contributed by atoms with E-state index in [0.29, 0.717) is 18.5 Å². The molecule has 1 aromatic rings. The first-order chi connectivity index (χ1) is 9.60. The maximum atomic E-state index is 6.00. The summed E-state index contributed by atoms with van der Waals surface area (Å²) >= 11 is 0. The van der Waals surface area contributed by atoms with Crippen molar-refractivity contribution in [3.05, 3.63) is 29.8 Å². The maximum absolute atomic E-state index is 6.00. The predicted molar refractivity (Wildman–Crippen MR) is 98.6 cm³/mol. The number of nitrogens with two attached hydrogens (primary N) is 1. The topological polar surface area (TPSA) is 50.8 Å². The molecule has 2 N–H and O–H groups in total. The van der Waals surface area contributed by atoms with Crippen LogP contribution in [0.25, 0.3) is 0 Å². The van der Waals surface area contributed by atoms with E-state index >= 15 is 0 Å². The Morgan fingerprint density at radius 3 is 2.76 bits per heavy atom. The highest BCUT2D eigenvalue weighted by molar-refractivity contribution is 14.0. The standard InChI is InChI=1S/C16H25N3O.HI/c1-4-14(20-15-7-5-6-12(2)10-15)11-18-16(17)19(3)13-8-9-13;/h5-7,10,13-14H,4,8-9,11H2,1-3H3,(H2,17,18);1H. The number of nitrogens with zero attached hydrogens (tertiary/aromatic N) is 2. The SMILES string of the molecule is CCC(CN=C(N)N(C)C1CC1)Oc1cccc(C)c1.I. The molecule has 0 heterocycles. The molecule has 0 amide bonds. The minimum absolute atomic E-state index is 0. The van der Waals surface area contributed by atoms with Crippen molar-refractivity contribution < 1.29 is 4.74 Å². The van der Waals surface area contributed by atoms with E-state index in [1.165, 1.54) is 18.4 Å².